The van der Waals surface area contributed by atoms with E-state index < -0.39 is 0 Å². The van der Waals surface area contributed by atoms with Crippen LogP contribution in [0.5, 0.6) is 0 Å². The lowest BCUT2D eigenvalue weighted by atomic mass is 9.78. The van der Waals surface area contributed by atoms with E-state index in [4.69, 9.17) is 5.73 Å². The van der Waals surface area contributed by atoms with Crippen molar-refractivity contribution in [3.8, 4) is 0 Å². The van der Waals surface area contributed by atoms with Crippen LogP contribution in [0.1, 0.15) is 51.4 Å². The minimum atomic E-state index is 0.174. The second-order valence-electron chi connectivity index (χ2n) is 6.12. The monoisotopic (exact) mass is 284 g/mol. The van der Waals surface area contributed by atoms with Crippen LogP contribution in [0, 0.1) is 11.8 Å². The van der Waals surface area contributed by atoms with E-state index in [9.17, 15) is 4.79 Å². The lowest BCUT2D eigenvalue weighted by Gasteiger charge is -2.33. The Morgan fingerprint density at radius 3 is 2.74 bits per heavy atom. The molecule has 2 saturated carbocycles. The van der Waals surface area contributed by atoms with E-state index in [1.807, 2.05) is 11.8 Å². The average molecular weight is 284 g/mol. The Kier molecular flexibility index (Phi) is 6.02. The molecule has 0 aromatic heterocycles. The fourth-order valence-corrected chi connectivity index (χ4v) is 4.46. The maximum absolute atomic E-state index is 12.5. The molecule has 0 aromatic carbocycles. The van der Waals surface area contributed by atoms with Crippen LogP contribution in [0.2, 0.25) is 0 Å². The van der Waals surface area contributed by atoms with Crippen molar-refractivity contribution in [2.45, 2.75) is 62.7 Å². The van der Waals surface area contributed by atoms with Crippen LogP contribution in [0.25, 0.3) is 0 Å². The number of thioether (sulfide) groups is 1. The van der Waals surface area contributed by atoms with Crippen LogP contribution in [0.15, 0.2) is 0 Å². The van der Waals surface area contributed by atoms with Crippen molar-refractivity contribution in [1.82, 2.24) is 5.32 Å². The SMILES string of the molecule is CSC1CCCC(NC(=O)C2CCCCC2CN)C1. The summed E-state index contributed by atoms with van der Waals surface area (Å²) in [5.74, 6) is 0.865. The third-order valence-electron chi connectivity index (χ3n) is 4.85. The Balaban J connectivity index is 1.85. The summed E-state index contributed by atoms with van der Waals surface area (Å²) in [6.45, 7) is 0.663. The van der Waals surface area contributed by atoms with Gasteiger partial charge in [-0.2, -0.15) is 11.8 Å². The van der Waals surface area contributed by atoms with Crippen molar-refractivity contribution in [2.75, 3.05) is 12.8 Å². The molecule has 0 heterocycles. The molecule has 0 bridgehead atoms. The molecule has 0 radical (unpaired) electrons. The molecule has 3 nitrogen and oxygen atoms in total. The largest absolute Gasteiger partial charge is 0.353 e. The third kappa shape index (κ3) is 4.12. The lowest BCUT2D eigenvalue weighted by Crippen LogP contribution is -2.45. The Morgan fingerprint density at radius 1 is 1.21 bits per heavy atom. The normalized spacial score (nSPS) is 35.9. The Morgan fingerprint density at radius 2 is 2.00 bits per heavy atom. The van der Waals surface area contributed by atoms with Crippen LogP contribution in [-0.2, 0) is 4.79 Å². The second-order valence-corrected chi connectivity index (χ2v) is 7.25. The van der Waals surface area contributed by atoms with Gasteiger partial charge in [-0.3, -0.25) is 4.79 Å². The van der Waals surface area contributed by atoms with Gasteiger partial charge in [0.2, 0.25) is 5.91 Å². The van der Waals surface area contributed by atoms with Gasteiger partial charge < -0.3 is 11.1 Å². The summed E-state index contributed by atoms with van der Waals surface area (Å²) in [6.07, 6.45) is 11.6. The molecular weight excluding hydrogens is 256 g/mol. The number of hydrogen-bond acceptors (Lipinski definition) is 3. The van der Waals surface area contributed by atoms with Crippen molar-refractivity contribution >= 4 is 17.7 Å². The number of carbonyl (C=O) groups excluding carboxylic acids is 1. The highest BCUT2D eigenvalue weighted by Crippen LogP contribution is 2.31. The van der Waals surface area contributed by atoms with Crippen LogP contribution in [0.4, 0.5) is 0 Å². The molecule has 0 spiro atoms. The quantitative estimate of drug-likeness (QED) is 0.834. The summed E-state index contributed by atoms with van der Waals surface area (Å²) in [4.78, 5) is 12.5. The van der Waals surface area contributed by atoms with Crippen molar-refractivity contribution < 1.29 is 4.79 Å². The minimum Gasteiger partial charge on any atom is -0.353 e. The number of amides is 1. The maximum atomic E-state index is 12.5. The van der Waals surface area contributed by atoms with Crippen LogP contribution in [0.3, 0.4) is 0 Å². The maximum Gasteiger partial charge on any atom is 0.223 e. The third-order valence-corrected chi connectivity index (χ3v) is 5.95. The van der Waals surface area contributed by atoms with Crippen molar-refractivity contribution in [1.29, 1.82) is 0 Å². The number of carbonyl (C=O) groups is 1. The number of nitrogens with two attached hydrogens (primary N) is 1. The van der Waals surface area contributed by atoms with Gasteiger partial charge >= 0.3 is 0 Å². The van der Waals surface area contributed by atoms with E-state index in [0.29, 0.717) is 18.5 Å². The molecule has 2 rings (SSSR count). The molecule has 110 valence electrons. The molecular formula is C15H28N2OS. The molecule has 3 N–H and O–H groups in total. The van der Waals surface area contributed by atoms with Crippen LogP contribution in [-0.4, -0.2) is 30.0 Å². The van der Waals surface area contributed by atoms with E-state index >= 15 is 0 Å². The Labute approximate surface area is 121 Å². The molecule has 0 saturated heterocycles. The van der Waals surface area contributed by atoms with E-state index in [1.54, 1.807) is 0 Å². The molecule has 0 aromatic rings. The zero-order valence-corrected chi connectivity index (χ0v) is 12.9. The predicted octanol–water partition coefficient (Wildman–Crippen LogP) is 2.54. The van der Waals surface area contributed by atoms with Gasteiger partial charge in [-0.25, -0.2) is 0 Å². The summed E-state index contributed by atoms with van der Waals surface area (Å²) in [5, 5.41) is 4.04. The van der Waals surface area contributed by atoms with Crippen molar-refractivity contribution in [2.24, 2.45) is 17.6 Å². The zero-order chi connectivity index (χ0) is 13.7. The smallest absolute Gasteiger partial charge is 0.223 e. The fraction of sp³-hybridized carbons (Fsp3) is 0.933. The predicted molar refractivity (Wildman–Crippen MR) is 82.2 cm³/mol. The van der Waals surface area contributed by atoms with Crippen LogP contribution >= 0.6 is 11.8 Å². The lowest BCUT2D eigenvalue weighted by molar-refractivity contribution is -0.128. The molecule has 2 aliphatic rings. The number of hydrogen-bond donors (Lipinski definition) is 2. The first-order valence-electron chi connectivity index (χ1n) is 7.77. The van der Waals surface area contributed by atoms with E-state index in [2.05, 4.69) is 11.6 Å². The summed E-state index contributed by atoms with van der Waals surface area (Å²) in [5.41, 5.74) is 5.82. The standard InChI is InChI=1S/C15H28N2OS/c1-19-13-7-4-6-12(9-13)17-15(18)14-8-3-2-5-11(14)10-16/h11-14H,2-10,16H2,1H3,(H,17,18). The second kappa shape index (κ2) is 7.53. The fourth-order valence-electron chi connectivity index (χ4n) is 3.63. The van der Waals surface area contributed by atoms with Crippen LogP contribution < -0.4 is 11.1 Å². The first kappa shape index (κ1) is 15.2. The van der Waals surface area contributed by atoms with E-state index in [0.717, 1.165) is 30.9 Å². The summed E-state index contributed by atoms with van der Waals surface area (Å²) < 4.78 is 0. The van der Waals surface area contributed by atoms with Gasteiger partial charge in [-0.1, -0.05) is 19.3 Å². The summed E-state index contributed by atoms with van der Waals surface area (Å²) >= 11 is 1.95. The number of rotatable bonds is 4. The van der Waals surface area contributed by atoms with Gasteiger partial charge in [-0.15, -0.1) is 0 Å². The molecule has 4 unspecified atom stereocenters. The first-order valence-corrected chi connectivity index (χ1v) is 9.06. The zero-order valence-electron chi connectivity index (χ0n) is 12.1. The molecule has 1 amide bonds. The molecule has 0 aliphatic heterocycles. The molecule has 2 fully saturated rings. The molecule has 19 heavy (non-hydrogen) atoms. The van der Waals surface area contributed by atoms with Gasteiger partial charge in [0.05, 0.1) is 0 Å². The average Bonchev–Trinajstić information content (AvgIpc) is 2.47. The highest BCUT2D eigenvalue weighted by molar-refractivity contribution is 7.99. The van der Waals surface area contributed by atoms with Gasteiger partial charge in [0.25, 0.3) is 0 Å². The topological polar surface area (TPSA) is 55.1 Å². The van der Waals surface area contributed by atoms with Gasteiger partial charge in [0.15, 0.2) is 0 Å². The first-order chi connectivity index (χ1) is 9.24. The van der Waals surface area contributed by atoms with E-state index in [-0.39, 0.29) is 11.8 Å². The highest BCUT2D eigenvalue weighted by atomic mass is 32.2. The summed E-state index contributed by atoms with van der Waals surface area (Å²) in [7, 11) is 0. The van der Waals surface area contributed by atoms with Gasteiger partial charge in [0.1, 0.15) is 0 Å². The minimum absolute atomic E-state index is 0.174. The van der Waals surface area contributed by atoms with Gasteiger partial charge in [-0.05, 0) is 50.8 Å². The van der Waals surface area contributed by atoms with Crippen molar-refractivity contribution in [3.05, 3.63) is 0 Å². The molecule has 4 heteroatoms. The van der Waals surface area contributed by atoms with E-state index in [1.165, 1.54) is 25.7 Å². The molecule has 4 atom stereocenters. The Hall–Kier alpha value is -0.220. The Bertz CT molecular complexity index is 298. The molecule has 2 aliphatic carbocycles. The number of nitrogens with one attached hydrogen (secondary N) is 1. The summed E-state index contributed by atoms with van der Waals surface area (Å²) in [6, 6.07) is 0.402. The van der Waals surface area contributed by atoms with Crippen molar-refractivity contribution in [3.63, 3.8) is 0 Å². The highest BCUT2D eigenvalue weighted by Gasteiger charge is 2.32. The van der Waals surface area contributed by atoms with Gasteiger partial charge in [0, 0.05) is 17.2 Å².